The molecule has 0 radical (unpaired) electrons. The van der Waals surface area contributed by atoms with Crippen LogP contribution in [0, 0.1) is 13.8 Å². The molecule has 2 aromatic heterocycles. The van der Waals surface area contributed by atoms with Gasteiger partial charge >= 0.3 is 0 Å². The van der Waals surface area contributed by atoms with Crippen molar-refractivity contribution in [1.82, 2.24) is 25.0 Å². The zero-order chi connectivity index (χ0) is 14.2. The van der Waals surface area contributed by atoms with Crippen LogP contribution in [0.3, 0.4) is 0 Å². The van der Waals surface area contributed by atoms with Crippen LogP contribution >= 0.6 is 11.6 Å². The van der Waals surface area contributed by atoms with Gasteiger partial charge in [0.05, 0.1) is 17.4 Å². The Morgan fingerprint density at radius 1 is 1.32 bits per heavy atom. The second-order valence-electron chi connectivity index (χ2n) is 4.75. The number of hydrazine groups is 1. The smallest absolute Gasteiger partial charge is 0.130 e. The number of rotatable bonds is 4. The van der Waals surface area contributed by atoms with E-state index in [1.807, 2.05) is 34.1 Å². The quantitative estimate of drug-likeness (QED) is 0.652. The number of nitrogens with zero attached hydrogens (tertiary/aromatic N) is 4. The zero-order valence-electron chi connectivity index (χ0n) is 11.6. The number of aryl methyl sites for hydroxylation is 4. The Bertz CT molecular complexity index is 585. The first-order valence-corrected chi connectivity index (χ1v) is 6.46. The molecule has 0 saturated carbocycles. The molecule has 7 heteroatoms. The highest BCUT2D eigenvalue weighted by molar-refractivity contribution is 6.30. The minimum absolute atomic E-state index is 0.0332. The summed E-state index contributed by atoms with van der Waals surface area (Å²) in [5.41, 5.74) is 6.81. The van der Waals surface area contributed by atoms with Gasteiger partial charge in [0, 0.05) is 31.4 Å². The fourth-order valence-electron chi connectivity index (χ4n) is 2.33. The lowest BCUT2D eigenvalue weighted by atomic mass is 10.0. The third-order valence-corrected chi connectivity index (χ3v) is 3.78. The molecule has 0 bridgehead atoms. The molecule has 19 heavy (non-hydrogen) atoms. The van der Waals surface area contributed by atoms with Crippen LogP contribution in [0.15, 0.2) is 6.20 Å². The molecule has 6 nitrogen and oxygen atoms in total. The standard InChI is InChI=1S/C12H19ClN6/c1-7-9(12(13)19(4)17-7)5-11(15-14)10-6-18(3)16-8(10)2/h6,11,15H,5,14H2,1-4H3. The molecule has 2 aromatic rings. The number of hydrogen-bond donors (Lipinski definition) is 2. The van der Waals surface area contributed by atoms with Crippen molar-refractivity contribution >= 4 is 11.6 Å². The number of halogens is 1. The molecule has 0 spiro atoms. The molecule has 2 rings (SSSR count). The van der Waals surface area contributed by atoms with Gasteiger partial charge in [-0.3, -0.25) is 20.6 Å². The molecule has 0 aliphatic rings. The van der Waals surface area contributed by atoms with Gasteiger partial charge in [-0.1, -0.05) is 11.6 Å². The van der Waals surface area contributed by atoms with E-state index in [2.05, 4.69) is 15.6 Å². The lowest BCUT2D eigenvalue weighted by Crippen LogP contribution is -2.30. The van der Waals surface area contributed by atoms with Crippen LogP contribution in [0.2, 0.25) is 5.15 Å². The first-order chi connectivity index (χ1) is 8.93. The highest BCUT2D eigenvalue weighted by atomic mass is 35.5. The predicted molar refractivity (Wildman–Crippen MR) is 74.7 cm³/mol. The molecule has 0 aliphatic heterocycles. The molecule has 104 valence electrons. The van der Waals surface area contributed by atoms with Crippen molar-refractivity contribution < 1.29 is 0 Å². The Kier molecular flexibility index (Phi) is 3.93. The van der Waals surface area contributed by atoms with Crippen LogP contribution in [-0.2, 0) is 20.5 Å². The first-order valence-electron chi connectivity index (χ1n) is 6.08. The van der Waals surface area contributed by atoms with Gasteiger partial charge in [-0.25, -0.2) is 0 Å². The second kappa shape index (κ2) is 5.32. The van der Waals surface area contributed by atoms with Crippen molar-refractivity contribution in [3.63, 3.8) is 0 Å². The van der Waals surface area contributed by atoms with Gasteiger partial charge in [-0.05, 0) is 20.3 Å². The normalized spacial score (nSPS) is 12.9. The zero-order valence-corrected chi connectivity index (χ0v) is 12.4. The third kappa shape index (κ3) is 2.65. The molecule has 0 fully saturated rings. The second-order valence-corrected chi connectivity index (χ2v) is 5.10. The highest BCUT2D eigenvalue weighted by Gasteiger charge is 2.20. The van der Waals surface area contributed by atoms with Crippen molar-refractivity contribution in [2.24, 2.45) is 19.9 Å². The van der Waals surface area contributed by atoms with E-state index < -0.39 is 0 Å². The molecule has 1 atom stereocenters. The lowest BCUT2D eigenvalue weighted by Gasteiger charge is -2.15. The summed E-state index contributed by atoms with van der Waals surface area (Å²) in [4.78, 5) is 0. The number of hydrogen-bond acceptors (Lipinski definition) is 4. The molecule has 0 amide bonds. The van der Waals surface area contributed by atoms with Gasteiger partial charge in [-0.2, -0.15) is 10.2 Å². The van der Waals surface area contributed by atoms with Crippen LogP contribution in [0.25, 0.3) is 0 Å². The van der Waals surface area contributed by atoms with Crippen molar-refractivity contribution in [2.45, 2.75) is 26.3 Å². The van der Waals surface area contributed by atoms with Gasteiger partial charge in [0.2, 0.25) is 0 Å². The van der Waals surface area contributed by atoms with Crippen molar-refractivity contribution in [3.8, 4) is 0 Å². The Morgan fingerprint density at radius 2 is 2.00 bits per heavy atom. The Labute approximate surface area is 117 Å². The number of nitrogens with two attached hydrogens (primary N) is 1. The fraction of sp³-hybridized carbons (Fsp3) is 0.500. The molecular weight excluding hydrogens is 264 g/mol. The van der Waals surface area contributed by atoms with Gasteiger partial charge in [0.1, 0.15) is 5.15 Å². The summed E-state index contributed by atoms with van der Waals surface area (Å²) < 4.78 is 3.46. The maximum atomic E-state index is 6.26. The van der Waals surface area contributed by atoms with Gasteiger partial charge < -0.3 is 0 Å². The van der Waals surface area contributed by atoms with Crippen molar-refractivity contribution in [3.05, 3.63) is 33.9 Å². The summed E-state index contributed by atoms with van der Waals surface area (Å²) in [5, 5.41) is 9.31. The van der Waals surface area contributed by atoms with Crippen molar-refractivity contribution in [1.29, 1.82) is 0 Å². The molecule has 1 unspecified atom stereocenters. The summed E-state index contributed by atoms with van der Waals surface area (Å²) in [6, 6.07) is -0.0332. The minimum atomic E-state index is -0.0332. The SMILES string of the molecule is Cc1nn(C)cc1C(Cc1c(C)nn(C)c1Cl)NN. The monoisotopic (exact) mass is 282 g/mol. The Balaban J connectivity index is 2.31. The highest BCUT2D eigenvalue weighted by Crippen LogP contribution is 2.26. The average Bonchev–Trinajstić information content (AvgIpc) is 2.79. The molecule has 2 heterocycles. The van der Waals surface area contributed by atoms with Crippen LogP contribution in [0.1, 0.15) is 28.6 Å². The summed E-state index contributed by atoms with van der Waals surface area (Å²) >= 11 is 6.26. The molecule has 0 aliphatic carbocycles. The van der Waals surface area contributed by atoms with Crippen molar-refractivity contribution in [2.75, 3.05) is 0 Å². The maximum Gasteiger partial charge on any atom is 0.130 e. The van der Waals surface area contributed by atoms with Crippen LogP contribution in [-0.4, -0.2) is 19.6 Å². The van der Waals surface area contributed by atoms with Crippen LogP contribution < -0.4 is 11.3 Å². The largest absolute Gasteiger partial charge is 0.275 e. The van der Waals surface area contributed by atoms with E-state index in [4.69, 9.17) is 17.4 Å². The van der Waals surface area contributed by atoms with E-state index >= 15 is 0 Å². The van der Waals surface area contributed by atoms with Gasteiger partial charge in [0.15, 0.2) is 0 Å². The van der Waals surface area contributed by atoms with Crippen LogP contribution in [0.4, 0.5) is 0 Å². The topological polar surface area (TPSA) is 73.7 Å². The molecule has 0 saturated heterocycles. The Morgan fingerprint density at radius 3 is 2.42 bits per heavy atom. The molecule has 3 N–H and O–H groups in total. The van der Waals surface area contributed by atoms with E-state index in [0.717, 1.165) is 22.5 Å². The van der Waals surface area contributed by atoms with Gasteiger partial charge in [0.25, 0.3) is 0 Å². The number of aromatic nitrogens is 4. The number of nitrogens with one attached hydrogen (secondary N) is 1. The summed E-state index contributed by atoms with van der Waals surface area (Å²) in [5.74, 6) is 5.68. The average molecular weight is 283 g/mol. The lowest BCUT2D eigenvalue weighted by molar-refractivity contribution is 0.548. The summed E-state index contributed by atoms with van der Waals surface area (Å²) in [6.45, 7) is 3.92. The minimum Gasteiger partial charge on any atom is -0.275 e. The van der Waals surface area contributed by atoms with E-state index in [0.29, 0.717) is 11.6 Å². The summed E-state index contributed by atoms with van der Waals surface area (Å²) in [6.07, 6.45) is 2.65. The first kappa shape index (κ1) is 14.0. The van der Waals surface area contributed by atoms with E-state index in [1.165, 1.54) is 0 Å². The predicted octanol–water partition coefficient (Wildman–Crippen LogP) is 1.17. The van der Waals surface area contributed by atoms with E-state index in [9.17, 15) is 0 Å². The third-order valence-electron chi connectivity index (χ3n) is 3.31. The fourth-order valence-corrected chi connectivity index (χ4v) is 2.58. The molecular formula is C12H19ClN6. The van der Waals surface area contributed by atoms with Gasteiger partial charge in [-0.15, -0.1) is 0 Å². The van der Waals surface area contributed by atoms with E-state index in [-0.39, 0.29) is 6.04 Å². The van der Waals surface area contributed by atoms with Crippen LogP contribution in [0.5, 0.6) is 0 Å². The Hall–Kier alpha value is -1.37. The van der Waals surface area contributed by atoms with E-state index in [1.54, 1.807) is 9.36 Å². The summed E-state index contributed by atoms with van der Waals surface area (Å²) in [7, 11) is 3.73. The molecule has 0 aromatic carbocycles. The maximum absolute atomic E-state index is 6.26.